The van der Waals surface area contributed by atoms with Crippen molar-refractivity contribution in [2.45, 2.75) is 44.3 Å². The third-order valence-corrected chi connectivity index (χ3v) is 6.96. The van der Waals surface area contributed by atoms with Crippen LogP contribution in [0.2, 0.25) is 5.02 Å². The molecule has 1 saturated carbocycles. The third-order valence-electron chi connectivity index (χ3n) is 6.73. The molecule has 0 bridgehead atoms. The highest BCUT2D eigenvalue weighted by atomic mass is 35.5. The Labute approximate surface area is 200 Å². The molecule has 5 rings (SSSR count). The van der Waals surface area contributed by atoms with Crippen molar-refractivity contribution in [3.8, 4) is 11.4 Å². The molecule has 1 aliphatic heterocycles. The van der Waals surface area contributed by atoms with Gasteiger partial charge in [-0.3, -0.25) is 9.78 Å². The first-order chi connectivity index (χ1) is 16.2. The molecule has 0 radical (unpaired) electrons. The fourth-order valence-electron chi connectivity index (χ4n) is 4.79. The van der Waals surface area contributed by atoms with Gasteiger partial charge in [-0.15, -0.1) is 0 Å². The molecular weight excluding hydrogens is 465 g/mol. The van der Waals surface area contributed by atoms with E-state index in [1.807, 2.05) is 4.90 Å². The highest BCUT2D eigenvalue weighted by molar-refractivity contribution is 6.31. The van der Waals surface area contributed by atoms with Crippen molar-refractivity contribution in [2.75, 3.05) is 6.54 Å². The van der Waals surface area contributed by atoms with E-state index in [-0.39, 0.29) is 17.4 Å². The molecule has 1 aliphatic carbocycles. The number of rotatable bonds is 5. The van der Waals surface area contributed by atoms with Gasteiger partial charge in [-0.1, -0.05) is 11.6 Å². The van der Waals surface area contributed by atoms with Crippen LogP contribution in [0.1, 0.15) is 47.3 Å². The molecule has 2 aromatic heterocycles. The van der Waals surface area contributed by atoms with Gasteiger partial charge in [-0.25, -0.2) is 9.97 Å². The highest BCUT2D eigenvalue weighted by Gasteiger charge is 2.53. The molecule has 2 fully saturated rings. The molecule has 5 nitrogen and oxygen atoms in total. The zero-order valence-electron chi connectivity index (χ0n) is 18.2. The first-order valence-electron chi connectivity index (χ1n) is 11.1. The van der Waals surface area contributed by atoms with Crippen LogP contribution < -0.4 is 0 Å². The molecule has 2 aliphatic rings. The molecule has 1 spiro atoms. The molecule has 34 heavy (non-hydrogen) atoms. The second kappa shape index (κ2) is 8.65. The summed E-state index contributed by atoms with van der Waals surface area (Å²) in [5, 5.41) is 0.438. The number of nitrogens with zero attached hydrogens (tertiary/aromatic N) is 4. The standard InChI is InChI=1S/C25H22ClF3N4O/c26-17-2-5-20(22-31-9-1-10-32-22)21(13-17)23(34)33-15-24(7-8-24)14-19(33)4-3-18-12-16(6-11-30-18)25(27,28)29/h1-2,5-6,9-13,19H,3-4,7-8,14-15H2/t19-/m1/s1. The Hall–Kier alpha value is -3.00. The molecule has 1 aromatic carbocycles. The van der Waals surface area contributed by atoms with Crippen molar-refractivity contribution in [3.63, 3.8) is 0 Å². The number of halogens is 4. The van der Waals surface area contributed by atoms with E-state index in [4.69, 9.17) is 11.6 Å². The minimum absolute atomic E-state index is 0.0881. The van der Waals surface area contributed by atoms with Gasteiger partial charge in [0.05, 0.1) is 11.1 Å². The van der Waals surface area contributed by atoms with E-state index in [0.29, 0.717) is 47.1 Å². The average Bonchev–Trinajstić information content (AvgIpc) is 3.48. The zero-order chi connectivity index (χ0) is 23.9. The van der Waals surface area contributed by atoms with Gasteiger partial charge in [0.15, 0.2) is 5.82 Å². The normalized spacial score (nSPS) is 18.9. The van der Waals surface area contributed by atoms with Crippen LogP contribution >= 0.6 is 11.6 Å². The van der Waals surface area contributed by atoms with Gasteiger partial charge in [0, 0.05) is 47.5 Å². The van der Waals surface area contributed by atoms with E-state index in [1.165, 1.54) is 6.20 Å². The van der Waals surface area contributed by atoms with E-state index in [9.17, 15) is 18.0 Å². The molecular formula is C25H22ClF3N4O. The van der Waals surface area contributed by atoms with Crippen molar-refractivity contribution >= 4 is 17.5 Å². The van der Waals surface area contributed by atoms with E-state index < -0.39 is 11.7 Å². The monoisotopic (exact) mass is 486 g/mol. The molecule has 176 valence electrons. The Morgan fingerprint density at radius 1 is 1.09 bits per heavy atom. The molecule has 1 atom stereocenters. The number of hydrogen-bond acceptors (Lipinski definition) is 4. The Morgan fingerprint density at radius 2 is 1.85 bits per heavy atom. The Balaban J connectivity index is 1.40. The van der Waals surface area contributed by atoms with E-state index >= 15 is 0 Å². The minimum Gasteiger partial charge on any atom is -0.335 e. The maximum absolute atomic E-state index is 13.8. The maximum Gasteiger partial charge on any atom is 0.416 e. The predicted molar refractivity (Wildman–Crippen MR) is 121 cm³/mol. The van der Waals surface area contributed by atoms with E-state index in [1.54, 1.807) is 36.7 Å². The molecule has 3 aromatic rings. The number of likely N-dealkylation sites (tertiary alicyclic amines) is 1. The first-order valence-corrected chi connectivity index (χ1v) is 11.5. The van der Waals surface area contributed by atoms with Crippen molar-refractivity contribution < 1.29 is 18.0 Å². The van der Waals surface area contributed by atoms with Crippen LogP contribution in [0.5, 0.6) is 0 Å². The Bertz CT molecular complexity index is 1210. The summed E-state index contributed by atoms with van der Waals surface area (Å²) in [4.78, 5) is 28.3. The summed E-state index contributed by atoms with van der Waals surface area (Å²) < 4.78 is 39.3. The molecule has 1 saturated heterocycles. The van der Waals surface area contributed by atoms with Gasteiger partial charge in [0.25, 0.3) is 5.91 Å². The highest BCUT2D eigenvalue weighted by Crippen LogP contribution is 2.55. The number of benzene rings is 1. The minimum atomic E-state index is -4.41. The summed E-state index contributed by atoms with van der Waals surface area (Å²) in [6.07, 6.45) is 3.87. The zero-order valence-corrected chi connectivity index (χ0v) is 19.0. The molecule has 0 N–H and O–H groups in total. The molecule has 3 heterocycles. The lowest BCUT2D eigenvalue weighted by molar-refractivity contribution is -0.137. The number of aromatic nitrogens is 3. The van der Waals surface area contributed by atoms with Gasteiger partial charge < -0.3 is 4.90 Å². The van der Waals surface area contributed by atoms with Crippen LogP contribution in [0.3, 0.4) is 0 Å². The number of carbonyl (C=O) groups is 1. The predicted octanol–water partition coefficient (Wildman–Crippen LogP) is 5.84. The lowest BCUT2D eigenvalue weighted by Gasteiger charge is -2.26. The Kier molecular flexibility index (Phi) is 5.80. The van der Waals surface area contributed by atoms with Crippen LogP contribution in [-0.4, -0.2) is 38.3 Å². The number of amides is 1. The Morgan fingerprint density at radius 3 is 2.56 bits per heavy atom. The smallest absolute Gasteiger partial charge is 0.335 e. The number of alkyl halides is 3. The van der Waals surface area contributed by atoms with Crippen LogP contribution in [0, 0.1) is 5.41 Å². The van der Waals surface area contributed by atoms with Gasteiger partial charge in [-0.05, 0) is 73.9 Å². The van der Waals surface area contributed by atoms with Crippen LogP contribution in [-0.2, 0) is 12.6 Å². The van der Waals surface area contributed by atoms with E-state index in [0.717, 1.165) is 31.4 Å². The number of carbonyl (C=O) groups excluding carboxylic acids is 1. The summed E-state index contributed by atoms with van der Waals surface area (Å²) in [7, 11) is 0. The molecule has 9 heteroatoms. The van der Waals surface area contributed by atoms with Gasteiger partial charge >= 0.3 is 6.18 Å². The maximum atomic E-state index is 13.8. The average molecular weight is 487 g/mol. The quantitative estimate of drug-likeness (QED) is 0.454. The second-order valence-electron chi connectivity index (χ2n) is 9.13. The van der Waals surface area contributed by atoms with E-state index in [2.05, 4.69) is 15.0 Å². The van der Waals surface area contributed by atoms with Crippen LogP contribution in [0.15, 0.2) is 55.0 Å². The lowest BCUT2D eigenvalue weighted by atomic mass is 9.99. The lowest BCUT2D eigenvalue weighted by Crippen LogP contribution is -2.36. The fourth-order valence-corrected chi connectivity index (χ4v) is 4.96. The van der Waals surface area contributed by atoms with Gasteiger partial charge in [0.2, 0.25) is 0 Å². The van der Waals surface area contributed by atoms with Gasteiger partial charge in [-0.2, -0.15) is 13.2 Å². The first kappa shape index (κ1) is 22.8. The van der Waals surface area contributed by atoms with Crippen molar-refractivity contribution in [1.29, 1.82) is 0 Å². The topological polar surface area (TPSA) is 59.0 Å². The van der Waals surface area contributed by atoms with Crippen LogP contribution in [0.25, 0.3) is 11.4 Å². The summed E-state index contributed by atoms with van der Waals surface area (Å²) >= 11 is 6.24. The van der Waals surface area contributed by atoms with Crippen molar-refractivity contribution in [1.82, 2.24) is 19.9 Å². The SMILES string of the molecule is O=C(c1cc(Cl)ccc1-c1ncccn1)N1CC2(CC2)C[C@H]1CCc1cc(C(F)(F)F)ccn1. The van der Waals surface area contributed by atoms with Crippen molar-refractivity contribution in [2.24, 2.45) is 5.41 Å². The molecule has 1 amide bonds. The summed E-state index contributed by atoms with van der Waals surface area (Å²) in [6.45, 7) is 0.633. The fraction of sp³-hybridized carbons (Fsp3) is 0.360. The van der Waals surface area contributed by atoms with Crippen molar-refractivity contribution in [3.05, 3.63) is 76.8 Å². The summed E-state index contributed by atoms with van der Waals surface area (Å²) in [6, 6.07) is 8.77. The largest absolute Gasteiger partial charge is 0.416 e. The van der Waals surface area contributed by atoms with Crippen LogP contribution in [0.4, 0.5) is 13.2 Å². The number of aryl methyl sites for hydroxylation is 1. The van der Waals surface area contributed by atoms with Gasteiger partial charge in [0.1, 0.15) is 0 Å². The second-order valence-corrected chi connectivity index (χ2v) is 9.56. The number of pyridine rings is 1. The molecule has 0 unspecified atom stereocenters. The summed E-state index contributed by atoms with van der Waals surface area (Å²) in [5.41, 5.74) is 0.814. The summed E-state index contributed by atoms with van der Waals surface area (Å²) in [5.74, 6) is 0.281. The number of hydrogen-bond donors (Lipinski definition) is 0. The third kappa shape index (κ3) is 4.64.